The molecule has 0 saturated carbocycles. The SMILES string of the molecule is Nc1sc2c(c1C(=O)O)CCOC2C(=O)O. The standard InChI is InChI=1S/C9H9NO5S/c10-7-4(8(11)12)3-1-2-15-5(9(13)14)6(3)16-7/h5H,1-2,10H2,(H,11,12)(H,13,14). The highest BCUT2D eigenvalue weighted by atomic mass is 32.1. The number of rotatable bonds is 2. The number of anilines is 1. The van der Waals surface area contributed by atoms with Crippen molar-refractivity contribution in [3.8, 4) is 0 Å². The van der Waals surface area contributed by atoms with E-state index < -0.39 is 18.0 Å². The number of aromatic carboxylic acids is 1. The van der Waals surface area contributed by atoms with E-state index in [-0.39, 0.29) is 17.2 Å². The van der Waals surface area contributed by atoms with Gasteiger partial charge >= 0.3 is 11.9 Å². The Kier molecular flexibility index (Phi) is 2.56. The summed E-state index contributed by atoms with van der Waals surface area (Å²) < 4.78 is 5.08. The highest BCUT2D eigenvalue weighted by Crippen LogP contribution is 2.39. The van der Waals surface area contributed by atoms with Crippen molar-refractivity contribution in [2.24, 2.45) is 0 Å². The maximum atomic E-state index is 11.0. The lowest BCUT2D eigenvalue weighted by Gasteiger charge is -2.19. The highest BCUT2D eigenvalue weighted by molar-refractivity contribution is 7.16. The first kappa shape index (κ1) is 10.9. The molecule has 0 aliphatic carbocycles. The van der Waals surface area contributed by atoms with Crippen LogP contribution in [0.5, 0.6) is 0 Å². The second-order valence-electron chi connectivity index (χ2n) is 3.33. The van der Waals surface area contributed by atoms with E-state index in [1.807, 2.05) is 0 Å². The van der Waals surface area contributed by atoms with Gasteiger partial charge in [0.15, 0.2) is 6.10 Å². The smallest absolute Gasteiger partial charge is 0.338 e. The molecule has 0 amide bonds. The second-order valence-corrected chi connectivity index (χ2v) is 4.41. The molecule has 2 rings (SSSR count). The van der Waals surface area contributed by atoms with Crippen LogP contribution in [0.3, 0.4) is 0 Å². The van der Waals surface area contributed by atoms with Gasteiger partial charge in [0.05, 0.1) is 17.0 Å². The third-order valence-electron chi connectivity index (χ3n) is 2.38. The Morgan fingerprint density at radius 2 is 2.12 bits per heavy atom. The quantitative estimate of drug-likeness (QED) is 0.706. The van der Waals surface area contributed by atoms with Crippen LogP contribution in [0.4, 0.5) is 5.00 Å². The van der Waals surface area contributed by atoms with E-state index in [1.54, 1.807) is 0 Å². The molecule has 7 heteroatoms. The van der Waals surface area contributed by atoms with Crippen molar-refractivity contribution in [2.45, 2.75) is 12.5 Å². The number of ether oxygens (including phenoxy) is 1. The maximum absolute atomic E-state index is 11.0. The zero-order valence-electron chi connectivity index (χ0n) is 8.10. The topological polar surface area (TPSA) is 110 Å². The molecule has 1 aromatic heterocycles. The van der Waals surface area contributed by atoms with Crippen LogP contribution in [0.25, 0.3) is 0 Å². The fourth-order valence-electron chi connectivity index (χ4n) is 1.74. The predicted molar refractivity (Wildman–Crippen MR) is 55.7 cm³/mol. The minimum absolute atomic E-state index is 0.0227. The number of fused-ring (bicyclic) bond motifs is 1. The average Bonchev–Trinajstić information content (AvgIpc) is 2.52. The van der Waals surface area contributed by atoms with E-state index in [1.165, 1.54) is 0 Å². The summed E-state index contributed by atoms with van der Waals surface area (Å²) >= 11 is 0.973. The van der Waals surface area contributed by atoms with E-state index in [4.69, 9.17) is 20.7 Å². The number of carboxylic acids is 2. The first-order valence-electron chi connectivity index (χ1n) is 4.51. The normalized spacial score (nSPS) is 19.1. The van der Waals surface area contributed by atoms with Gasteiger partial charge in [0.1, 0.15) is 5.00 Å². The van der Waals surface area contributed by atoms with Gasteiger partial charge in [0, 0.05) is 0 Å². The Hall–Kier alpha value is -1.60. The Morgan fingerprint density at radius 1 is 1.44 bits per heavy atom. The molecule has 1 unspecified atom stereocenters. The molecular weight excluding hydrogens is 234 g/mol. The molecule has 16 heavy (non-hydrogen) atoms. The van der Waals surface area contributed by atoms with Crippen LogP contribution < -0.4 is 5.73 Å². The summed E-state index contributed by atoms with van der Waals surface area (Å²) in [6.07, 6.45) is -0.710. The number of aliphatic carboxylic acids is 1. The fraction of sp³-hybridized carbons (Fsp3) is 0.333. The Labute approximate surface area is 94.3 Å². The Bertz CT molecular complexity index is 467. The summed E-state index contributed by atoms with van der Waals surface area (Å²) in [7, 11) is 0. The van der Waals surface area contributed by atoms with Crippen molar-refractivity contribution in [3.05, 3.63) is 16.0 Å². The first-order chi connectivity index (χ1) is 7.52. The molecule has 6 nitrogen and oxygen atoms in total. The molecule has 86 valence electrons. The summed E-state index contributed by atoms with van der Waals surface area (Å²) in [5, 5.41) is 18.0. The van der Waals surface area contributed by atoms with Gasteiger partial charge in [-0.05, 0) is 12.0 Å². The van der Waals surface area contributed by atoms with Gasteiger partial charge in [-0.1, -0.05) is 0 Å². The van der Waals surface area contributed by atoms with Gasteiger partial charge in [-0.15, -0.1) is 11.3 Å². The monoisotopic (exact) mass is 243 g/mol. The second kappa shape index (κ2) is 3.76. The number of nitrogen functional groups attached to an aromatic ring is 1. The lowest BCUT2D eigenvalue weighted by Crippen LogP contribution is -2.22. The summed E-state index contributed by atoms with van der Waals surface area (Å²) in [6, 6.07) is 0. The van der Waals surface area contributed by atoms with Crippen molar-refractivity contribution in [3.63, 3.8) is 0 Å². The molecule has 1 aliphatic heterocycles. The van der Waals surface area contributed by atoms with E-state index in [9.17, 15) is 9.59 Å². The first-order valence-corrected chi connectivity index (χ1v) is 5.32. The lowest BCUT2D eigenvalue weighted by molar-refractivity contribution is -0.151. The summed E-state index contributed by atoms with van der Waals surface area (Å²) in [4.78, 5) is 22.3. The molecular formula is C9H9NO5S. The van der Waals surface area contributed by atoms with Gasteiger partial charge in [-0.2, -0.15) is 0 Å². The zero-order chi connectivity index (χ0) is 11.9. The van der Waals surface area contributed by atoms with Crippen LogP contribution in [-0.2, 0) is 16.0 Å². The highest BCUT2D eigenvalue weighted by Gasteiger charge is 2.33. The van der Waals surface area contributed by atoms with Crippen molar-refractivity contribution < 1.29 is 24.5 Å². The molecule has 1 aliphatic rings. The van der Waals surface area contributed by atoms with Crippen LogP contribution >= 0.6 is 11.3 Å². The third-order valence-corrected chi connectivity index (χ3v) is 3.48. The van der Waals surface area contributed by atoms with E-state index in [2.05, 4.69) is 0 Å². The van der Waals surface area contributed by atoms with E-state index >= 15 is 0 Å². The Morgan fingerprint density at radius 3 is 2.69 bits per heavy atom. The van der Waals surface area contributed by atoms with Crippen LogP contribution in [0.1, 0.15) is 26.9 Å². The molecule has 2 heterocycles. The molecule has 0 spiro atoms. The number of thiophene rings is 1. The average molecular weight is 243 g/mol. The van der Waals surface area contributed by atoms with Crippen molar-refractivity contribution in [1.29, 1.82) is 0 Å². The van der Waals surface area contributed by atoms with E-state index in [0.29, 0.717) is 16.9 Å². The molecule has 1 aromatic rings. The van der Waals surface area contributed by atoms with Gasteiger partial charge in [0.2, 0.25) is 0 Å². The Balaban J connectivity index is 2.56. The molecule has 4 N–H and O–H groups in total. The largest absolute Gasteiger partial charge is 0.479 e. The van der Waals surface area contributed by atoms with Gasteiger partial charge in [0.25, 0.3) is 0 Å². The van der Waals surface area contributed by atoms with Crippen molar-refractivity contribution in [2.75, 3.05) is 12.3 Å². The molecule has 1 atom stereocenters. The maximum Gasteiger partial charge on any atom is 0.338 e. The van der Waals surface area contributed by atoms with Crippen molar-refractivity contribution >= 4 is 28.3 Å². The van der Waals surface area contributed by atoms with Crippen LogP contribution in [0.2, 0.25) is 0 Å². The van der Waals surface area contributed by atoms with Crippen LogP contribution in [0.15, 0.2) is 0 Å². The van der Waals surface area contributed by atoms with Crippen LogP contribution in [-0.4, -0.2) is 28.8 Å². The van der Waals surface area contributed by atoms with Crippen LogP contribution in [0, 0.1) is 0 Å². The lowest BCUT2D eigenvalue weighted by atomic mass is 10.0. The minimum Gasteiger partial charge on any atom is -0.479 e. The summed E-state index contributed by atoms with van der Waals surface area (Å²) in [5.41, 5.74) is 6.09. The van der Waals surface area contributed by atoms with Gasteiger partial charge in [-0.3, -0.25) is 0 Å². The molecule has 0 bridgehead atoms. The van der Waals surface area contributed by atoms with Gasteiger partial charge in [-0.25, -0.2) is 9.59 Å². The molecule has 0 fully saturated rings. The van der Waals surface area contributed by atoms with Gasteiger partial charge < -0.3 is 20.7 Å². The number of carboxylic acid groups (broad SMARTS) is 2. The summed E-state index contributed by atoms with van der Waals surface area (Å²) in [6.45, 7) is 0.195. The molecule has 0 radical (unpaired) electrons. The molecule has 0 aromatic carbocycles. The predicted octanol–water partition coefficient (Wildman–Crippen LogP) is 0.727. The summed E-state index contributed by atoms with van der Waals surface area (Å²) in [5.74, 6) is -2.25. The number of hydrogen-bond acceptors (Lipinski definition) is 5. The zero-order valence-corrected chi connectivity index (χ0v) is 8.91. The third kappa shape index (κ3) is 1.54. The number of carbonyl (C=O) groups is 2. The number of nitrogens with two attached hydrogens (primary N) is 1. The molecule has 0 saturated heterocycles. The fourth-order valence-corrected chi connectivity index (χ4v) is 2.89. The number of hydrogen-bond donors (Lipinski definition) is 3. The van der Waals surface area contributed by atoms with Crippen molar-refractivity contribution in [1.82, 2.24) is 0 Å². The van der Waals surface area contributed by atoms with E-state index in [0.717, 1.165) is 11.3 Å². The minimum atomic E-state index is -1.13.